The number of aliphatic hydroxyl groups excluding tert-OH is 2. The first-order valence-electron chi connectivity index (χ1n) is 14.0. The smallest absolute Gasteiger partial charge is 0.157 e. The molecule has 3 nitrogen and oxygen atoms in total. The monoisotopic (exact) mass is 458 g/mol. The molecule has 0 aromatic rings. The van der Waals surface area contributed by atoms with Crippen LogP contribution in [-0.4, -0.2) is 27.7 Å². The molecule has 5 aliphatic carbocycles. The van der Waals surface area contributed by atoms with E-state index < -0.39 is 6.29 Å². The van der Waals surface area contributed by atoms with Crippen molar-refractivity contribution in [2.75, 3.05) is 0 Å². The fourth-order valence-corrected chi connectivity index (χ4v) is 11.6. The van der Waals surface area contributed by atoms with Crippen LogP contribution in [0.25, 0.3) is 0 Å². The average molecular weight is 459 g/mol. The van der Waals surface area contributed by atoms with Crippen molar-refractivity contribution in [1.29, 1.82) is 0 Å². The van der Waals surface area contributed by atoms with Gasteiger partial charge >= 0.3 is 0 Å². The van der Waals surface area contributed by atoms with Gasteiger partial charge in [0.1, 0.15) is 0 Å². The summed E-state index contributed by atoms with van der Waals surface area (Å²) in [7, 11) is 0. The topological polar surface area (TPSA) is 60.7 Å². The van der Waals surface area contributed by atoms with Crippen LogP contribution in [0.5, 0.6) is 0 Å². The van der Waals surface area contributed by atoms with Crippen LogP contribution in [0.4, 0.5) is 0 Å². The number of allylic oxidation sites excluding steroid dienone is 1. The normalized spacial score (nSPS) is 55.3. The molecule has 0 aliphatic heterocycles. The van der Waals surface area contributed by atoms with Gasteiger partial charge < -0.3 is 15.3 Å². The van der Waals surface area contributed by atoms with Crippen molar-refractivity contribution in [3.63, 3.8) is 0 Å². The van der Waals surface area contributed by atoms with Gasteiger partial charge in [0.25, 0.3) is 0 Å². The van der Waals surface area contributed by atoms with Gasteiger partial charge in [-0.2, -0.15) is 0 Å². The minimum atomic E-state index is -1.21. The lowest BCUT2D eigenvalue weighted by atomic mass is 9.32. The maximum absolute atomic E-state index is 10.9. The van der Waals surface area contributed by atoms with Crippen LogP contribution in [0.15, 0.2) is 12.2 Å². The van der Waals surface area contributed by atoms with Crippen molar-refractivity contribution in [3.05, 3.63) is 12.2 Å². The third kappa shape index (κ3) is 2.85. The predicted molar refractivity (Wildman–Crippen MR) is 133 cm³/mol. The van der Waals surface area contributed by atoms with Crippen molar-refractivity contribution in [2.45, 2.75) is 118 Å². The first-order chi connectivity index (χ1) is 15.3. The fraction of sp³-hybridized carbons (Fsp3) is 0.933. The van der Waals surface area contributed by atoms with E-state index in [9.17, 15) is 15.3 Å². The molecule has 3 heteroatoms. The first-order valence-corrected chi connectivity index (χ1v) is 14.0. The van der Waals surface area contributed by atoms with E-state index in [2.05, 4.69) is 48.1 Å². The Morgan fingerprint density at radius 3 is 2.12 bits per heavy atom. The van der Waals surface area contributed by atoms with E-state index in [1.165, 1.54) is 31.3 Å². The van der Waals surface area contributed by atoms with Crippen LogP contribution >= 0.6 is 0 Å². The minimum absolute atomic E-state index is 0.00863. The summed E-state index contributed by atoms with van der Waals surface area (Å²) in [6.45, 7) is 19.0. The summed E-state index contributed by atoms with van der Waals surface area (Å²) in [4.78, 5) is 0. The van der Waals surface area contributed by atoms with Crippen molar-refractivity contribution >= 4 is 0 Å². The predicted octanol–water partition coefficient (Wildman–Crippen LogP) is 6.32. The van der Waals surface area contributed by atoms with E-state index in [-0.39, 0.29) is 33.2 Å². The SMILES string of the molecule is C=C(C)[C@@H]1CC[C@]2(C(O)O)CC[C@]3(C)[C@H](CC[C@@H]4[C@@]5(C)CC[C@H](O)C(C)(C)[C@@H]5CC[C@]43C)[C@@H]12. The summed E-state index contributed by atoms with van der Waals surface area (Å²) in [5.41, 5.74) is 1.69. The summed E-state index contributed by atoms with van der Waals surface area (Å²) >= 11 is 0. The molecule has 0 spiro atoms. The van der Waals surface area contributed by atoms with Crippen LogP contribution in [0.1, 0.15) is 106 Å². The molecule has 5 fully saturated rings. The zero-order valence-corrected chi connectivity index (χ0v) is 22.2. The molecule has 3 N–H and O–H groups in total. The van der Waals surface area contributed by atoms with Gasteiger partial charge in [-0.25, -0.2) is 0 Å². The van der Waals surface area contributed by atoms with Gasteiger partial charge in [-0.1, -0.05) is 46.8 Å². The highest BCUT2D eigenvalue weighted by molar-refractivity contribution is 5.21. The standard InChI is InChI=1S/C30H50O3/c1-18(2)19-10-15-30(25(32)33)17-16-28(6)20(24(19)30)8-9-22-27(5)13-12-23(31)26(3,4)21(27)11-14-29(22,28)7/h19-25,31-33H,1,8-17H2,2-7H3/t19-,20+,21-,22+,23-,24+,27-,28+,29+,30-/m0/s1. The molecule has 0 aromatic carbocycles. The van der Waals surface area contributed by atoms with Crippen LogP contribution < -0.4 is 0 Å². The molecule has 5 rings (SSSR count). The van der Waals surface area contributed by atoms with Gasteiger partial charge in [-0.3, -0.25) is 0 Å². The number of hydrogen-bond donors (Lipinski definition) is 3. The van der Waals surface area contributed by atoms with Crippen molar-refractivity contribution in [3.8, 4) is 0 Å². The Hall–Kier alpha value is -0.380. The summed E-state index contributed by atoms with van der Waals surface area (Å²) in [6, 6.07) is 0. The second-order valence-corrected chi connectivity index (χ2v) is 14.7. The Labute approximate surface area is 202 Å². The van der Waals surface area contributed by atoms with E-state index in [0.29, 0.717) is 29.6 Å². The maximum Gasteiger partial charge on any atom is 0.157 e. The van der Waals surface area contributed by atoms with Crippen LogP contribution in [-0.2, 0) is 0 Å². The first kappa shape index (κ1) is 24.3. The summed E-state index contributed by atoms with van der Waals surface area (Å²) in [6.07, 6.45) is 9.71. The number of rotatable bonds is 2. The lowest BCUT2D eigenvalue weighted by Crippen LogP contribution is -2.67. The highest BCUT2D eigenvalue weighted by Crippen LogP contribution is 2.77. The molecule has 0 aromatic heterocycles. The Bertz CT molecular complexity index is 817. The largest absolute Gasteiger partial charge is 0.393 e. The van der Waals surface area contributed by atoms with E-state index in [0.717, 1.165) is 38.5 Å². The molecule has 0 saturated heterocycles. The Balaban J connectivity index is 1.56. The Kier molecular flexibility index (Phi) is 5.40. The lowest BCUT2D eigenvalue weighted by molar-refractivity contribution is -0.266. The zero-order valence-electron chi connectivity index (χ0n) is 22.2. The van der Waals surface area contributed by atoms with Crippen LogP contribution in [0, 0.1) is 56.7 Å². The molecule has 188 valence electrons. The van der Waals surface area contributed by atoms with E-state index in [1.807, 2.05) is 0 Å². The number of hydrogen-bond acceptors (Lipinski definition) is 3. The van der Waals surface area contributed by atoms with Gasteiger partial charge in [0.15, 0.2) is 6.29 Å². The third-order valence-corrected chi connectivity index (χ3v) is 13.6. The van der Waals surface area contributed by atoms with Crippen molar-refractivity contribution < 1.29 is 15.3 Å². The average Bonchev–Trinajstić information content (AvgIpc) is 3.13. The van der Waals surface area contributed by atoms with Gasteiger partial charge in [0.2, 0.25) is 0 Å². The molecule has 0 heterocycles. The Morgan fingerprint density at radius 2 is 1.48 bits per heavy atom. The molecular weight excluding hydrogens is 408 g/mol. The molecule has 0 bridgehead atoms. The van der Waals surface area contributed by atoms with E-state index in [1.54, 1.807) is 0 Å². The van der Waals surface area contributed by atoms with Crippen LogP contribution in [0.2, 0.25) is 0 Å². The quantitative estimate of drug-likeness (QED) is 0.335. The molecule has 5 aliphatic rings. The highest BCUT2D eigenvalue weighted by Gasteiger charge is 2.71. The Morgan fingerprint density at radius 1 is 0.788 bits per heavy atom. The van der Waals surface area contributed by atoms with Gasteiger partial charge in [0.05, 0.1) is 6.10 Å². The van der Waals surface area contributed by atoms with Crippen LogP contribution in [0.3, 0.4) is 0 Å². The van der Waals surface area contributed by atoms with E-state index in [4.69, 9.17) is 0 Å². The second-order valence-electron chi connectivity index (χ2n) is 14.7. The molecule has 33 heavy (non-hydrogen) atoms. The van der Waals surface area contributed by atoms with Gasteiger partial charge in [0, 0.05) is 5.41 Å². The summed E-state index contributed by atoms with van der Waals surface area (Å²) in [5.74, 6) is 2.59. The second kappa shape index (κ2) is 7.32. The number of fused-ring (bicyclic) bond motifs is 7. The molecular formula is C30H50O3. The maximum atomic E-state index is 10.9. The van der Waals surface area contributed by atoms with Gasteiger partial charge in [-0.15, -0.1) is 0 Å². The molecule has 0 radical (unpaired) electrons. The third-order valence-electron chi connectivity index (χ3n) is 13.6. The molecule has 0 unspecified atom stereocenters. The van der Waals surface area contributed by atoms with E-state index >= 15 is 0 Å². The molecule has 0 amide bonds. The minimum Gasteiger partial charge on any atom is -0.393 e. The summed E-state index contributed by atoms with van der Waals surface area (Å²) in [5, 5.41) is 32.3. The van der Waals surface area contributed by atoms with Crippen molar-refractivity contribution in [2.24, 2.45) is 56.7 Å². The number of aliphatic hydroxyl groups is 3. The molecule has 5 saturated carbocycles. The summed E-state index contributed by atoms with van der Waals surface area (Å²) < 4.78 is 0. The van der Waals surface area contributed by atoms with Gasteiger partial charge in [-0.05, 0) is 122 Å². The zero-order chi connectivity index (χ0) is 24.2. The molecule has 10 atom stereocenters. The fourth-order valence-electron chi connectivity index (χ4n) is 11.6. The van der Waals surface area contributed by atoms with Crippen molar-refractivity contribution in [1.82, 2.24) is 0 Å². The lowest BCUT2D eigenvalue weighted by Gasteiger charge is -2.73. The highest BCUT2D eigenvalue weighted by atomic mass is 16.5.